The van der Waals surface area contributed by atoms with Crippen LogP contribution in [0.2, 0.25) is 0 Å². The van der Waals surface area contributed by atoms with E-state index in [1.54, 1.807) is 19.1 Å². The number of hydrogen-bond donors (Lipinski definition) is 1. The van der Waals surface area contributed by atoms with Crippen LogP contribution in [-0.4, -0.2) is 40.0 Å². The van der Waals surface area contributed by atoms with Crippen LogP contribution in [0.1, 0.15) is 13.8 Å². The van der Waals surface area contributed by atoms with Crippen LogP contribution in [0.5, 0.6) is 0 Å². The number of benzene rings is 1. The lowest BCUT2D eigenvalue weighted by atomic mass is 10.2. The minimum atomic E-state index is -3.20. The van der Waals surface area contributed by atoms with Gasteiger partial charge in [0.05, 0.1) is 18.5 Å². The summed E-state index contributed by atoms with van der Waals surface area (Å²) in [6.07, 6.45) is 0.229. The lowest BCUT2D eigenvalue weighted by Crippen LogP contribution is -2.41. The highest BCUT2D eigenvalue weighted by Gasteiger charge is 2.17. The molecular formula is C13H20N2O3S. The maximum Gasteiger partial charge on any atom is 0.232 e. The first kappa shape index (κ1) is 14.1. The molecule has 1 aromatic carbocycles. The molecule has 1 atom stereocenters. The summed E-state index contributed by atoms with van der Waals surface area (Å²) in [6, 6.07) is 7.46. The predicted octanol–water partition coefficient (Wildman–Crippen LogP) is 1.67. The van der Waals surface area contributed by atoms with Gasteiger partial charge in [-0.05, 0) is 38.1 Å². The molecule has 0 bridgehead atoms. The lowest BCUT2D eigenvalue weighted by Gasteiger charge is -2.33. The quantitative estimate of drug-likeness (QED) is 0.914. The fraction of sp³-hybridized carbons (Fsp3) is 0.538. The zero-order chi connectivity index (χ0) is 13.9. The van der Waals surface area contributed by atoms with Crippen LogP contribution in [0.25, 0.3) is 0 Å². The summed E-state index contributed by atoms with van der Waals surface area (Å²) < 4.78 is 31.0. The molecule has 2 rings (SSSR count). The predicted molar refractivity (Wildman–Crippen MR) is 77.2 cm³/mol. The molecule has 1 aliphatic heterocycles. The van der Waals surface area contributed by atoms with Gasteiger partial charge < -0.3 is 9.64 Å². The van der Waals surface area contributed by atoms with Gasteiger partial charge >= 0.3 is 0 Å². The van der Waals surface area contributed by atoms with Crippen LogP contribution in [0.4, 0.5) is 11.4 Å². The topological polar surface area (TPSA) is 58.6 Å². The molecule has 1 saturated heterocycles. The first-order valence-corrected chi connectivity index (χ1v) is 8.12. The smallest absolute Gasteiger partial charge is 0.232 e. The molecule has 0 spiro atoms. The molecule has 1 fully saturated rings. The van der Waals surface area contributed by atoms with Crippen molar-refractivity contribution in [3.05, 3.63) is 24.3 Å². The fourth-order valence-corrected chi connectivity index (χ4v) is 2.68. The Kier molecular flexibility index (Phi) is 4.31. The molecule has 0 aliphatic carbocycles. The van der Waals surface area contributed by atoms with Gasteiger partial charge in [-0.1, -0.05) is 0 Å². The Morgan fingerprint density at radius 2 is 2.05 bits per heavy atom. The Morgan fingerprint density at radius 1 is 1.37 bits per heavy atom. The normalized spacial score (nSPS) is 20.3. The summed E-state index contributed by atoms with van der Waals surface area (Å²) in [6.45, 7) is 6.12. The van der Waals surface area contributed by atoms with Gasteiger partial charge in [0.1, 0.15) is 0 Å². The summed E-state index contributed by atoms with van der Waals surface area (Å²) in [5.41, 5.74) is 1.70. The van der Waals surface area contributed by atoms with Gasteiger partial charge in [-0.3, -0.25) is 4.72 Å². The van der Waals surface area contributed by atoms with E-state index < -0.39 is 10.0 Å². The minimum Gasteiger partial charge on any atom is -0.375 e. The highest BCUT2D eigenvalue weighted by Crippen LogP contribution is 2.20. The van der Waals surface area contributed by atoms with Crippen molar-refractivity contribution in [1.82, 2.24) is 0 Å². The van der Waals surface area contributed by atoms with Gasteiger partial charge in [-0.2, -0.15) is 0 Å². The zero-order valence-corrected chi connectivity index (χ0v) is 12.1. The summed E-state index contributed by atoms with van der Waals surface area (Å²) in [5.74, 6) is 0.0791. The number of hydrogen-bond acceptors (Lipinski definition) is 4. The summed E-state index contributed by atoms with van der Waals surface area (Å²) in [7, 11) is -3.20. The van der Waals surface area contributed by atoms with Gasteiger partial charge in [-0.25, -0.2) is 8.42 Å². The summed E-state index contributed by atoms with van der Waals surface area (Å²) in [5, 5.41) is 0. The van der Waals surface area contributed by atoms with E-state index in [0.29, 0.717) is 5.69 Å². The van der Waals surface area contributed by atoms with Crippen molar-refractivity contribution in [2.75, 3.05) is 35.1 Å². The van der Waals surface area contributed by atoms with E-state index in [0.717, 1.165) is 25.4 Å². The van der Waals surface area contributed by atoms with E-state index in [-0.39, 0.29) is 11.9 Å². The lowest BCUT2D eigenvalue weighted by molar-refractivity contribution is 0.0532. The van der Waals surface area contributed by atoms with Gasteiger partial charge in [0.2, 0.25) is 10.0 Å². The minimum absolute atomic E-state index is 0.0791. The van der Waals surface area contributed by atoms with Crippen molar-refractivity contribution in [2.24, 2.45) is 0 Å². The Morgan fingerprint density at radius 3 is 2.63 bits per heavy atom. The van der Waals surface area contributed by atoms with Crippen molar-refractivity contribution >= 4 is 21.4 Å². The number of anilines is 2. The molecule has 0 saturated carbocycles. The van der Waals surface area contributed by atoms with Crippen molar-refractivity contribution in [3.63, 3.8) is 0 Å². The van der Waals surface area contributed by atoms with Crippen LogP contribution in [0.15, 0.2) is 24.3 Å². The molecule has 0 unspecified atom stereocenters. The van der Waals surface area contributed by atoms with Crippen molar-refractivity contribution in [2.45, 2.75) is 20.0 Å². The standard InChI is InChI=1S/C13H20N2O3S/c1-3-19(16,17)14-12-4-6-13(7-5-12)15-8-9-18-11(2)10-15/h4-7,11,14H,3,8-10H2,1-2H3/t11-/m1/s1. The molecule has 106 valence electrons. The third kappa shape index (κ3) is 3.84. The first-order chi connectivity index (χ1) is 9.00. The molecule has 0 radical (unpaired) electrons. The second-order valence-electron chi connectivity index (χ2n) is 4.68. The van der Waals surface area contributed by atoms with Crippen LogP contribution >= 0.6 is 0 Å². The van der Waals surface area contributed by atoms with E-state index >= 15 is 0 Å². The molecule has 19 heavy (non-hydrogen) atoms. The molecule has 6 heteroatoms. The number of sulfonamides is 1. The molecule has 1 aliphatic rings. The average Bonchev–Trinajstić information content (AvgIpc) is 2.39. The van der Waals surface area contributed by atoms with Crippen LogP contribution in [0.3, 0.4) is 0 Å². The highest BCUT2D eigenvalue weighted by atomic mass is 32.2. The molecule has 1 N–H and O–H groups in total. The van der Waals surface area contributed by atoms with Gasteiger partial charge in [0.25, 0.3) is 0 Å². The number of ether oxygens (including phenoxy) is 1. The SMILES string of the molecule is CCS(=O)(=O)Nc1ccc(N2CCO[C@H](C)C2)cc1. The molecule has 1 aromatic rings. The third-order valence-electron chi connectivity index (χ3n) is 3.13. The van der Waals surface area contributed by atoms with Crippen LogP contribution in [0, 0.1) is 0 Å². The Labute approximate surface area is 114 Å². The third-order valence-corrected chi connectivity index (χ3v) is 4.43. The maximum atomic E-state index is 11.5. The number of morpholine rings is 1. The largest absolute Gasteiger partial charge is 0.375 e. The first-order valence-electron chi connectivity index (χ1n) is 6.47. The highest BCUT2D eigenvalue weighted by molar-refractivity contribution is 7.92. The van der Waals surface area contributed by atoms with Gasteiger partial charge in [0.15, 0.2) is 0 Å². The Bertz CT molecular complexity index is 513. The van der Waals surface area contributed by atoms with Gasteiger partial charge in [-0.15, -0.1) is 0 Å². The molecule has 1 heterocycles. The van der Waals surface area contributed by atoms with E-state index in [9.17, 15) is 8.42 Å². The van der Waals surface area contributed by atoms with Crippen molar-refractivity contribution in [3.8, 4) is 0 Å². The average molecular weight is 284 g/mol. The molecule has 5 nitrogen and oxygen atoms in total. The number of nitrogens with zero attached hydrogens (tertiary/aromatic N) is 1. The number of rotatable bonds is 4. The molecular weight excluding hydrogens is 264 g/mol. The molecule has 0 amide bonds. The van der Waals surface area contributed by atoms with Crippen LogP contribution in [-0.2, 0) is 14.8 Å². The molecule has 0 aromatic heterocycles. The van der Waals surface area contributed by atoms with E-state index in [1.165, 1.54) is 0 Å². The second-order valence-corrected chi connectivity index (χ2v) is 6.69. The van der Waals surface area contributed by atoms with Crippen molar-refractivity contribution in [1.29, 1.82) is 0 Å². The van der Waals surface area contributed by atoms with Crippen molar-refractivity contribution < 1.29 is 13.2 Å². The van der Waals surface area contributed by atoms with E-state index in [1.807, 2.05) is 12.1 Å². The van der Waals surface area contributed by atoms with E-state index in [4.69, 9.17) is 4.74 Å². The maximum absolute atomic E-state index is 11.5. The van der Waals surface area contributed by atoms with E-state index in [2.05, 4.69) is 16.5 Å². The Balaban J connectivity index is 2.06. The second kappa shape index (κ2) is 5.79. The van der Waals surface area contributed by atoms with Gasteiger partial charge in [0, 0.05) is 24.5 Å². The fourth-order valence-electron chi connectivity index (χ4n) is 2.04. The summed E-state index contributed by atoms with van der Waals surface area (Å²) in [4.78, 5) is 2.24. The van der Waals surface area contributed by atoms with Crippen LogP contribution < -0.4 is 9.62 Å². The number of nitrogens with one attached hydrogen (secondary N) is 1. The Hall–Kier alpha value is -1.27. The zero-order valence-electron chi connectivity index (χ0n) is 11.3. The monoisotopic (exact) mass is 284 g/mol. The summed E-state index contributed by atoms with van der Waals surface area (Å²) >= 11 is 0.